The Morgan fingerprint density at radius 1 is 1.18 bits per heavy atom. The van der Waals surface area contributed by atoms with Crippen LogP contribution >= 0.6 is 0 Å². The lowest BCUT2D eigenvalue weighted by Gasteiger charge is -2.32. The first kappa shape index (κ1) is 14.4. The maximum atomic E-state index is 12.3. The predicted molar refractivity (Wildman–Crippen MR) is 81.8 cm³/mol. The molecule has 3 rings (SSSR count). The van der Waals surface area contributed by atoms with Crippen LogP contribution in [0.3, 0.4) is 0 Å². The Hall–Kier alpha value is -2.53. The predicted octanol–water partition coefficient (Wildman–Crippen LogP) is 2.45. The number of nitrogens with zero attached hydrogens (tertiary/aromatic N) is 1. The largest absolute Gasteiger partial charge is 0.506 e. The molecule has 1 aliphatic rings. The van der Waals surface area contributed by atoms with Crippen molar-refractivity contribution >= 4 is 11.8 Å². The summed E-state index contributed by atoms with van der Waals surface area (Å²) in [5.74, 6) is 0.0149. The number of anilines is 1. The van der Waals surface area contributed by atoms with Crippen molar-refractivity contribution in [3.8, 4) is 5.75 Å². The molecule has 1 heterocycles. The lowest BCUT2D eigenvalue weighted by molar-refractivity contribution is 0.133. The molecule has 5 heteroatoms. The number of aliphatic hydroxyl groups is 1. The van der Waals surface area contributed by atoms with E-state index in [0.717, 1.165) is 11.1 Å². The molecule has 1 unspecified atom stereocenters. The van der Waals surface area contributed by atoms with Crippen LogP contribution < -0.4 is 4.90 Å². The monoisotopic (exact) mass is 299 g/mol. The van der Waals surface area contributed by atoms with Crippen LogP contribution in [-0.4, -0.2) is 29.0 Å². The third-order valence-electron chi connectivity index (χ3n) is 3.64. The van der Waals surface area contributed by atoms with Crippen LogP contribution in [0.25, 0.3) is 0 Å². The van der Waals surface area contributed by atoms with Gasteiger partial charge in [0.25, 0.3) is 0 Å². The van der Waals surface area contributed by atoms with Gasteiger partial charge in [0.05, 0.1) is 18.3 Å². The van der Waals surface area contributed by atoms with Gasteiger partial charge in [-0.15, -0.1) is 0 Å². The van der Waals surface area contributed by atoms with E-state index < -0.39 is 12.2 Å². The van der Waals surface area contributed by atoms with Gasteiger partial charge in [-0.25, -0.2) is 4.79 Å². The molecule has 0 aliphatic carbocycles. The molecule has 2 aromatic carbocycles. The van der Waals surface area contributed by atoms with Crippen LogP contribution in [0, 0.1) is 0 Å². The summed E-state index contributed by atoms with van der Waals surface area (Å²) in [5, 5.41) is 19.9. The Kier molecular flexibility index (Phi) is 3.98. The zero-order chi connectivity index (χ0) is 15.5. The normalized spacial score (nSPS) is 17.0. The fourth-order valence-electron chi connectivity index (χ4n) is 2.64. The van der Waals surface area contributed by atoms with E-state index in [2.05, 4.69) is 0 Å². The highest BCUT2D eigenvalue weighted by Gasteiger charge is 2.30. The molecule has 0 saturated heterocycles. The van der Waals surface area contributed by atoms with Crippen molar-refractivity contribution in [1.29, 1.82) is 0 Å². The van der Waals surface area contributed by atoms with Crippen LogP contribution in [0.1, 0.15) is 11.1 Å². The van der Waals surface area contributed by atoms with Crippen molar-refractivity contribution in [3.63, 3.8) is 0 Å². The van der Waals surface area contributed by atoms with E-state index in [1.807, 2.05) is 30.3 Å². The van der Waals surface area contributed by atoms with Gasteiger partial charge in [0.2, 0.25) is 0 Å². The molecule has 0 saturated carbocycles. The van der Waals surface area contributed by atoms with E-state index in [1.165, 1.54) is 11.0 Å². The molecular weight excluding hydrogens is 282 g/mol. The van der Waals surface area contributed by atoms with Gasteiger partial charge in [-0.3, -0.25) is 4.90 Å². The highest BCUT2D eigenvalue weighted by atomic mass is 16.6. The van der Waals surface area contributed by atoms with Gasteiger partial charge < -0.3 is 14.9 Å². The number of phenols is 1. The van der Waals surface area contributed by atoms with Crippen LogP contribution in [0.15, 0.2) is 48.5 Å². The number of β-amino-alcohol motifs (C(OH)–C–C–N with tert-alkyl or cyclic N) is 1. The maximum absolute atomic E-state index is 12.3. The second kappa shape index (κ2) is 6.07. The average Bonchev–Trinajstić information content (AvgIpc) is 2.53. The van der Waals surface area contributed by atoms with Crippen molar-refractivity contribution in [2.24, 2.45) is 0 Å². The van der Waals surface area contributed by atoms with Gasteiger partial charge in [-0.2, -0.15) is 0 Å². The van der Waals surface area contributed by atoms with Crippen LogP contribution in [0.2, 0.25) is 0 Å². The van der Waals surface area contributed by atoms with Crippen LogP contribution in [-0.2, 0) is 17.8 Å². The standard InChI is InChI=1S/C17H17NO4/c19-14-9-13-7-4-8-15(20)16(13)18(10-14)17(21)22-11-12-5-2-1-3-6-12/h1-8,14,19-20H,9-11H2. The summed E-state index contributed by atoms with van der Waals surface area (Å²) in [4.78, 5) is 13.6. The van der Waals surface area contributed by atoms with Crippen molar-refractivity contribution in [2.45, 2.75) is 19.1 Å². The molecular formula is C17H17NO4. The molecule has 0 aromatic heterocycles. The van der Waals surface area contributed by atoms with E-state index in [0.29, 0.717) is 12.1 Å². The summed E-state index contributed by atoms with van der Waals surface area (Å²) >= 11 is 0. The molecule has 22 heavy (non-hydrogen) atoms. The van der Waals surface area contributed by atoms with Gasteiger partial charge in [0.1, 0.15) is 12.4 Å². The van der Waals surface area contributed by atoms with Gasteiger partial charge in [-0.05, 0) is 17.2 Å². The quantitative estimate of drug-likeness (QED) is 0.893. The third kappa shape index (κ3) is 2.89. The van der Waals surface area contributed by atoms with E-state index >= 15 is 0 Å². The SMILES string of the molecule is O=C(OCc1ccccc1)N1CC(O)Cc2cccc(O)c21. The van der Waals surface area contributed by atoms with Crippen molar-refractivity contribution in [2.75, 3.05) is 11.4 Å². The number of carbonyl (C=O) groups is 1. The van der Waals surface area contributed by atoms with Gasteiger partial charge in [0.15, 0.2) is 0 Å². The van der Waals surface area contributed by atoms with Gasteiger partial charge in [-0.1, -0.05) is 42.5 Å². The molecule has 0 fully saturated rings. The summed E-state index contributed by atoms with van der Waals surface area (Å²) in [5.41, 5.74) is 2.03. The number of amides is 1. The molecule has 2 N–H and O–H groups in total. The minimum Gasteiger partial charge on any atom is -0.506 e. The summed E-state index contributed by atoms with van der Waals surface area (Å²) in [6.45, 7) is 0.257. The summed E-state index contributed by atoms with van der Waals surface area (Å²) < 4.78 is 5.29. The Balaban J connectivity index is 1.78. The van der Waals surface area contributed by atoms with Crippen molar-refractivity contribution in [1.82, 2.24) is 0 Å². The topological polar surface area (TPSA) is 70.0 Å². The fraction of sp³-hybridized carbons (Fsp3) is 0.235. The van der Waals surface area contributed by atoms with Crippen LogP contribution in [0.4, 0.5) is 10.5 Å². The highest BCUT2D eigenvalue weighted by Crippen LogP contribution is 2.35. The zero-order valence-corrected chi connectivity index (χ0v) is 12.0. The molecule has 1 atom stereocenters. The van der Waals surface area contributed by atoms with E-state index in [4.69, 9.17) is 4.74 Å². The molecule has 0 bridgehead atoms. The molecule has 1 aliphatic heterocycles. The van der Waals surface area contributed by atoms with Gasteiger partial charge >= 0.3 is 6.09 Å². The minimum atomic E-state index is -0.668. The number of hydrogen-bond donors (Lipinski definition) is 2. The smallest absolute Gasteiger partial charge is 0.414 e. The fourth-order valence-corrected chi connectivity index (χ4v) is 2.64. The minimum absolute atomic E-state index is 0.0149. The maximum Gasteiger partial charge on any atom is 0.414 e. The number of carbonyl (C=O) groups excluding carboxylic acids is 1. The number of ether oxygens (including phenoxy) is 1. The number of fused-ring (bicyclic) bond motifs is 1. The second-order valence-electron chi connectivity index (χ2n) is 5.29. The molecule has 1 amide bonds. The summed E-state index contributed by atoms with van der Waals surface area (Å²) in [7, 11) is 0. The Labute approximate surface area is 128 Å². The Morgan fingerprint density at radius 2 is 1.95 bits per heavy atom. The number of hydrogen-bond acceptors (Lipinski definition) is 4. The zero-order valence-electron chi connectivity index (χ0n) is 12.0. The molecule has 114 valence electrons. The number of aliphatic hydroxyl groups excluding tert-OH is 1. The summed E-state index contributed by atoms with van der Waals surface area (Å²) in [6.07, 6.45) is -0.837. The number of aromatic hydroxyl groups is 1. The van der Waals surface area contributed by atoms with E-state index in [9.17, 15) is 15.0 Å². The van der Waals surface area contributed by atoms with Crippen LogP contribution in [0.5, 0.6) is 5.75 Å². The lowest BCUT2D eigenvalue weighted by atomic mass is 9.99. The van der Waals surface area contributed by atoms with Crippen molar-refractivity contribution in [3.05, 3.63) is 59.7 Å². The van der Waals surface area contributed by atoms with E-state index in [1.54, 1.807) is 12.1 Å². The van der Waals surface area contributed by atoms with Crippen molar-refractivity contribution < 1.29 is 19.7 Å². The number of benzene rings is 2. The summed E-state index contributed by atoms with van der Waals surface area (Å²) in [6, 6.07) is 14.4. The Bertz CT molecular complexity index is 672. The number of para-hydroxylation sites is 1. The molecule has 5 nitrogen and oxygen atoms in total. The first-order valence-corrected chi connectivity index (χ1v) is 7.12. The number of phenolic OH excluding ortho intramolecular Hbond substituents is 1. The second-order valence-corrected chi connectivity index (χ2v) is 5.29. The first-order valence-electron chi connectivity index (χ1n) is 7.12. The van der Waals surface area contributed by atoms with E-state index in [-0.39, 0.29) is 18.9 Å². The molecule has 0 spiro atoms. The Morgan fingerprint density at radius 3 is 2.73 bits per heavy atom. The third-order valence-corrected chi connectivity index (χ3v) is 3.64. The lowest BCUT2D eigenvalue weighted by Crippen LogP contribution is -2.42. The number of rotatable bonds is 2. The molecule has 2 aromatic rings. The average molecular weight is 299 g/mol. The van der Waals surface area contributed by atoms with Gasteiger partial charge in [0, 0.05) is 6.42 Å². The molecule has 0 radical (unpaired) electrons. The first-order chi connectivity index (χ1) is 10.6. The highest BCUT2D eigenvalue weighted by molar-refractivity contribution is 5.91.